The lowest BCUT2D eigenvalue weighted by Gasteiger charge is -2.18. The number of nitrogens with one attached hydrogen (secondary N) is 1. The maximum Gasteiger partial charge on any atom is 0.238 e. The molecule has 0 saturated heterocycles. The van der Waals surface area contributed by atoms with E-state index in [-0.39, 0.29) is 12.5 Å². The van der Waals surface area contributed by atoms with Gasteiger partial charge in [-0.2, -0.15) is 0 Å². The molecule has 0 spiro atoms. The first-order chi connectivity index (χ1) is 13.6. The van der Waals surface area contributed by atoms with Crippen molar-refractivity contribution < 1.29 is 13.9 Å². The summed E-state index contributed by atoms with van der Waals surface area (Å²) in [5.41, 5.74) is 1.56. The molecule has 0 aliphatic rings. The number of likely N-dealkylation sites (N-methyl/N-ethyl adjacent to an activating group) is 1. The quantitative estimate of drug-likeness (QED) is 0.605. The van der Waals surface area contributed by atoms with Crippen LogP contribution in [0.2, 0.25) is 5.02 Å². The molecule has 0 radical (unpaired) electrons. The van der Waals surface area contributed by atoms with Crippen LogP contribution >= 0.6 is 11.6 Å². The Labute approximate surface area is 169 Å². The number of aromatic nitrogens is 1. The number of hydrogen-bond donors (Lipinski definition) is 1. The zero-order valence-corrected chi connectivity index (χ0v) is 16.6. The second-order valence-electron chi connectivity index (χ2n) is 6.21. The molecule has 0 atom stereocenters. The molecule has 0 saturated carbocycles. The van der Waals surface area contributed by atoms with Crippen LogP contribution in [0.25, 0.3) is 11.3 Å². The van der Waals surface area contributed by atoms with Crippen molar-refractivity contribution in [2.45, 2.75) is 13.5 Å². The number of ether oxygens (including phenoxy) is 1. The molecule has 3 aromatic rings. The van der Waals surface area contributed by atoms with Crippen molar-refractivity contribution in [3.8, 4) is 17.1 Å². The summed E-state index contributed by atoms with van der Waals surface area (Å²) in [7, 11) is 1.59. The number of amides is 1. The number of halogens is 1. The molecule has 1 aromatic heterocycles. The molecule has 0 unspecified atom stereocenters. The molecule has 0 bridgehead atoms. The summed E-state index contributed by atoms with van der Waals surface area (Å²) in [4.78, 5) is 18.6. The van der Waals surface area contributed by atoms with Gasteiger partial charge in [-0.15, -0.1) is 0 Å². The van der Waals surface area contributed by atoms with Gasteiger partial charge in [0.25, 0.3) is 0 Å². The van der Waals surface area contributed by atoms with Gasteiger partial charge in [0.15, 0.2) is 5.76 Å². The Morgan fingerprint density at radius 1 is 1.25 bits per heavy atom. The Bertz CT molecular complexity index is 942. The van der Waals surface area contributed by atoms with Crippen LogP contribution in [0.4, 0.5) is 5.69 Å². The summed E-state index contributed by atoms with van der Waals surface area (Å²) < 4.78 is 11.0. The van der Waals surface area contributed by atoms with Crippen molar-refractivity contribution in [2.75, 3.05) is 25.5 Å². The van der Waals surface area contributed by atoms with E-state index in [4.69, 9.17) is 20.8 Å². The van der Waals surface area contributed by atoms with E-state index >= 15 is 0 Å². The number of methoxy groups -OCH3 is 1. The highest BCUT2D eigenvalue weighted by molar-refractivity contribution is 6.30. The molecule has 7 heteroatoms. The second-order valence-corrected chi connectivity index (χ2v) is 6.65. The normalized spacial score (nSPS) is 10.9. The fourth-order valence-corrected chi connectivity index (χ4v) is 2.92. The number of hydrogen-bond acceptors (Lipinski definition) is 5. The van der Waals surface area contributed by atoms with Crippen LogP contribution < -0.4 is 10.1 Å². The molecule has 28 heavy (non-hydrogen) atoms. The minimum Gasteiger partial charge on any atom is -0.497 e. The average Bonchev–Trinajstić information content (AvgIpc) is 3.16. The monoisotopic (exact) mass is 399 g/mol. The molecular formula is C21H22ClN3O3. The first-order valence-corrected chi connectivity index (χ1v) is 9.32. The van der Waals surface area contributed by atoms with Gasteiger partial charge in [-0.25, -0.2) is 4.98 Å². The molecule has 1 amide bonds. The average molecular weight is 400 g/mol. The van der Waals surface area contributed by atoms with Crippen LogP contribution in [0.3, 0.4) is 0 Å². The lowest BCUT2D eigenvalue weighted by atomic mass is 10.2. The van der Waals surface area contributed by atoms with Crippen LogP contribution in [0, 0.1) is 0 Å². The van der Waals surface area contributed by atoms with E-state index in [1.165, 1.54) is 0 Å². The van der Waals surface area contributed by atoms with E-state index in [0.29, 0.717) is 41.2 Å². The third-order valence-corrected chi connectivity index (χ3v) is 4.42. The predicted octanol–water partition coefficient (Wildman–Crippen LogP) is 4.46. The Balaban J connectivity index is 1.60. The van der Waals surface area contributed by atoms with E-state index in [0.717, 1.165) is 5.56 Å². The topological polar surface area (TPSA) is 67.6 Å². The predicted molar refractivity (Wildman–Crippen MR) is 110 cm³/mol. The van der Waals surface area contributed by atoms with Crippen molar-refractivity contribution >= 4 is 23.2 Å². The van der Waals surface area contributed by atoms with Gasteiger partial charge in [0.05, 0.1) is 26.4 Å². The molecule has 0 aliphatic heterocycles. The number of oxazole rings is 1. The van der Waals surface area contributed by atoms with E-state index < -0.39 is 0 Å². The summed E-state index contributed by atoms with van der Waals surface area (Å²) in [5.74, 6) is 1.77. The highest BCUT2D eigenvalue weighted by atomic mass is 35.5. The summed E-state index contributed by atoms with van der Waals surface area (Å²) in [6.45, 7) is 3.32. The first kappa shape index (κ1) is 19.9. The lowest BCUT2D eigenvalue weighted by molar-refractivity contribution is -0.117. The molecule has 0 aliphatic carbocycles. The van der Waals surface area contributed by atoms with Gasteiger partial charge in [-0.3, -0.25) is 9.69 Å². The fourth-order valence-electron chi connectivity index (χ4n) is 2.73. The van der Waals surface area contributed by atoms with E-state index in [2.05, 4.69) is 10.3 Å². The summed E-state index contributed by atoms with van der Waals surface area (Å²) >= 11 is 6.03. The van der Waals surface area contributed by atoms with Gasteiger partial charge < -0.3 is 14.5 Å². The lowest BCUT2D eigenvalue weighted by Crippen LogP contribution is -2.32. The van der Waals surface area contributed by atoms with Crippen molar-refractivity contribution in [3.05, 3.63) is 65.6 Å². The number of benzene rings is 2. The molecule has 146 valence electrons. The largest absolute Gasteiger partial charge is 0.497 e. The summed E-state index contributed by atoms with van der Waals surface area (Å²) in [6.07, 6.45) is 1.67. The van der Waals surface area contributed by atoms with Crippen LogP contribution in [0.15, 0.2) is 59.1 Å². The minimum absolute atomic E-state index is 0.114. The summed E-state index contributed by atoms with van der Waals surface area (Å²) in [5, 5.41) is 3.52. The molecular weight excluding hydrogens is 378 g/mol. The molecule has 0 fully saturated rings. The number of anilines is 1. The van der Waals surface area contributed by atoms with Gasteiger partial charge in [0.1, 0.15) is 5.75 Å². The van der Waals surface area contributed by atoms with Crippen molar-refractivity contribution in [2.24, 2.45) is 0 Å². The van der Waals surface area contributed by atoms with Crippen molar-refractivity contribution in [1.82, 2.24) is 9.88 Å². The van der Waals surface area contributed by atoms with Crippen LogP contribution in [-0.2, 0) is 11.3 Å². The molecule has 1 N–H and O–H groups in total. The van der Waals surface area contributed by atoms with Crippen LogP contribution in [-0.4, -0.2) is 36.0 Å². The number of rotatable bonds is 8. The van der Waals surface area contributed by atoms with Gasteiger partial charge in [0, 0.05) is 22.3 Å². The molecule has 3 rings (SSSR count). The smallest absolute Gasteiger partial charge is 0.238 e. The third kappa shape index (κ3) is 5.34. The maximum atomic E-state index is 12.4. The highest BCUT2D eigenvalue weighted by Gasteiger charge is 2.14. The number of carbonyl (C=O) groups excluding carboxylic acids is 1. The van der Waals surface area contributed by atoms with Crippen molar-refractivity contribution in [3.63, 3.8) is 0 Å². The van der Waals surface area contributed by atoms with Gasteiger partial charge in [0.2, 0.25) is 11.8 Å². The zero-order valence-electron chi connectivity index (χ0n) is 15.8. The van der Waals surface area contributed by atoms with E-state index in [1.54, 1.807) is 19.4 Å². The Morgan fingerprint density at radius 2 is 2.07 bits per heavy atom. The second kappa shape index (κ2) is 9.39. The Morgan fingerprint density at radius 3 is 2.82 bits per heavy atom. The van der Waals surface area contributed by atoms with Gasteiger partial charge in [-0.1, -0.05) is 36.7 Å². The van der Waals surface area contributed by atoms with Crippen LogP contribution in [0.1, 0.15) is 12.8 Å². The third-order valence-electron chi connectivity index (χ3n) is 4.19. The molecule has 2 aromatic carbocycles. The number of carbonyl (C=O) groups is 1. The summed E-state index contributed by atoms with van der Waals surface area (Å²) in [6, 6.07) is 14.7. The Kier molecular flexibility index (Phi) is 6.68. The highest BCUT2D eigenvalue weighted by Crippen LogP contribution is 2.24. The SMILES string of the molecule is CCN(CC(=O)Nc1cccc(OC)c1)Cc1ncc(-c2cccc(Cl)c2)o1. The first-order valence-electron chi connectivity index (χ1n) is 8.94. The van der Waals surface area contributed by atoms with Crippen LogP contribution in [0.5, 0.6) is 5.75 Å². The molecule has 1 heterocycles. The van der Waals surface area contributed by atoms with E-state index in [9.17, 15) is 4.79 Å². The maximum absolute atomic E-state index is 12.4. The number of nitrogens with zero attached hydrogens (tertiary/aromatic N) is 2. The molecule has 6 nitrogen and oxygen atoms in total. The van der Waals surface area contributed by atoms with Gasteiger partial charge in [-0.05, 0) is 30.8 Å². The fraction of sp³-hybridized carbons (Fsp3) is 0.238. The standard InChI is InChI=1S/C21H22ClN3O3/c1-3-25(13-20(26)24-17-8-5-9-18(11-17)27-2)14-21-23-12-19(28-21)15-6-4-7-16(22)10-15/h4-12H,3,13-14H2,1-2H3,(H,24,26). The zero-order chi connectivity index (χ0) is 19.9. The minimum atomic E-state index is -0.114. The van der Waals surface area contributed by atoms with E-state index in [1.807, 2.05) is 54.3 Å². The van der Waals surface area contributed by atoms with Crippen molar-refractivity contribution in [1.29, 1.82) is 0 Å². The Hall–Kier alpha value is -2.83. The van der Waals surface area contributed by atoms with Gasteiger partial charge >= 0.3 is 0 Å².